The summed E-state index contributed by atoms with van der Waals surface area (Å²) < 4.78 is 0. The molecule has 106 valence electrons. The second-order valence-corrected chi connectivity index (χ2v) is 6.77. The molecule has 0 bridgehead atoms. The van der Waals surface area contributed by atoms with Crippen molar-refractivity contribution in [2.45, 2.75) is 83.3 Å². The van der Waals surface area contributed by atoms with Crippen molar-refractivity contribution in [3.05, 3.63) is 0 Å². The van der Waals surface area contributed by atoms with Gasteiger partial charge in [0.1, 0.15) is 0 Å². The lowest BCUT2D eigenvalue weighted by atomic mass is 9.74. The molecule has 0 aromatic carbocycles. The molecule has 0 aliphatic heterocycles. The van der Waals surface area contributed by atoms with E-state index in [1.165, 1.54) is 38.5 Å². The molecular formula is C16H30O2. The van der Waals surface area contributed by atoms with Crippen molar-refractivity contribution < 1.29 is 10.2 Å². The van der Waals surface area contributed by atoms with E-state index in [9.17, 15) is 10.2 Å². The highest BCUT2D eigenvalue weighted by atomic mass is 16.3. The van der Waals surface area contributed by atoms with Gasteiger partial charge < -0.3 is 10.2 Å². The fraction of sp³-hybridized carbons (Fsp3) is 1.00. The molecule has 0 spiro atoms. The van der Waals surface area contributed by atoms with E-state index in [1.54, 1.807) is 0 Å². The summed E-state index contributed by atoms with van der Waals surface area (Å²) in [6.07, 6.45) is 11.6. The molecule has 2 saturated carbocycles. The van der Waals surface area contributed by atoms with Gasteiger partial charge in [-0.05, 0) is 49.9 Å². The number of rotatable bonds is 4. The zero-order chi connectivity index (χ0) is 13.0. The van der Waals surface area contributed by atoms with Gasteiger partial charge in [0.25, 0.3) is 0 Å². The second-order valence-electron chi connectivity index (χ2n) is 6.77. The predicted octanol–water partition coefficient (Wildman–Crippen LogP) is 3.50. The molecule has 2 nitrogen and oxygen atoms in total. The molecule has 0 saturated heterocycles. The Balaban J connectivity index is 1.72. The van der Waals surface area contributed by atoms with Crippen LogP contribution in [0.15, 0.2) is 0 Å². The lowest BCUT2D eigenvalue weighted by Crippen LogP contribution is -2.27. The van der Waals surface area contributed by atoms with E-state index in [0.717, 1.165) is 43.4 Å². The molecule has 18 heavy (non-hydrogen) atoms. The smallest absolute Gasteiger partial charge is 0.0545 e. The molecule has 5 atom stereocenters. The third-order valence-corrected chi connectivity index (χ3v) is 5.19. The van der Waals surface area contributed by atoms with Gasteiger partial charge in [0.2, 0.25) is 0 Å². The first kappa shape index (κ1) is 14.3. The molecular weight excluding hydrogens is 224 g/mol. The first-order valence-electron chi connectivity index (χ1n) is 8.03. The average Bonchev–Trinajstić information content (AvgIpc) is 2.36. The van der Waals surface area contributed by atoms with Crippen LogP contribution < -0.4 is 0 Å². The highest BCUT2D eigenvalue weighted by molar-refractivity contribution is 4.80. The summed E-state index contributed by atoms with van der Waals surface area (Å²) in [5, 5.41) is 19.6. The Hall–Kier alpha value is -0.0800. The minimum Gasteiger partial charge on any atom is -0.393 e. The molecule has 2 N–H and O–H groups in total. The van der Waals surface area contributed by atoms with Crippen LogP contribution >= 0.6 is 0 Å². The summed E-state index contributed by atoms with van der Waals surface area (Å²) >= 11 is 0. The number of aliphatic hydroxyl groups is 2. The number of hydrogen-bond donors (Lipinski definition) is 2. The van der Waals surface area contributed by atoms with E-state index in [4.69, 9.17) is 0 Å². The third-order valence-electron chi connectivity index (χ3n) is 5.19. The summed E-state index contributed by atoms with van der Waals surface area (Å²) in [6.45, 7) is 2.25. The zero-order valence-corrected chi connectivity index (χ0v) is 11.9. The fourth-order valence-electron chi connectivity index (χ4n) is 4.09. The van der Waals surface area contributed by atoms with Crippen molar-refractivity contribution in [3.8, 4) is 0 Å². The van der Waals surface area contributed by atoms with Gasteiger partial charge in [-0.25, -0.2) is 0 Å². The molecule has 2 heteroatoms. The minimum absolute atomic E-state index is 0.0379. The molecule has 1 unspecified atom stereocenters. The standard InChI is InChI=1S/C16H30O2/c1-2-12-8-14(11-16(18)9-12)7-6-13-4-3-5-15(17)10-13/h12-18H,2-11H2,1H3/t12-,13+,14?,15+,16+/m0/s1. The van der Waals surface area contributed by atoms with Crippen molar-refractivity contribution in [2.75, 3.05) is 0 Å². The Morgan fingerprint density at radius 2 is 1.44 bits per heavy atom. The van der Waals surface area contributed by atoms with Gasteiger partial charge in [-0.3, -0.25) is 0 Å². The summed E-state index contributed by atoms with van der Waals surface area (Å²) in [7, 11) is 0. The monoisotopic (exact) mass is 254 g/mol. The molecule has 2 rings (SSSR count). The summed E-state index contributed by atoms with van der Waals surface area (Å²) in [5.74, 6) is 2.22. The van der Waals surface area contributed by atoms with Crippen LogP contribution in [0.2, 0.25) is 0 Å². The molecule has 0 aromatic heterocycles. The van der Waals surface area contributed by atoms with Crippen molar-refractivity contribution in [3.63, 3.8) is 0 Å². The molecule has 0 radical (unpaired) electrons. The van der Waals surface area contributed by atoms with Crippen molar-refractivity contribution >= 4 is 0 Å². The summed E-state index contributed by atoms with van der Waals surface area (Å²) in [6, 6.07) is 0. The van der Waals surface area contributed by atoms with Gasteiger partial charge in [-0.15, -0.1) is 0 Å². The van der Waals surface area contributed by atoms with Gasteiger partial charge in [0.15, 0.2) is 0 Å². The molecule has 0 aromatic rings. The van der Waals surface area contributed by atoms with E-state index in [2.05, 4.69) is 6.92 Å². The zero-order valence-electron chi connectivity index (χ0n) is 11.9. The minimum atomic E-state index is -0.0503. The van der Waals surface area contributed by atoms with E-state index in [-0.39, 0.29) is 12.2 Å². The topological polar surface area (TPSA) is 40.5 Å². The maximum atomic E-state index is 9.92. The Kier molecular flexibility index (Phi) is 5.50. The van der Waals surface area contributed by atoms with Crippen LogP contribution in [0.1, 0.15) is 71.1 Å². The second kappa shape index (κ2) is 6.91. The highest BCUT2D eigenvalue weighted by Gasteiger charge is 2.28. The van der Waals surface area contributed by atoms with Crippen LogP contribution in [0.5, 0.6) is 0 Å². The Bertz CT molecular complexity index is 241. The average molecular weight is 254 g/mol. The molecule has 2 fully saturated rings. The first-order valence-corrected chi connectivity index (χ1v) is 8.03. The largest absolute Gasteiger partial charge is 0.393 e. The SMILES string of the molecule is CC[C@H]1CC(CC[C@H]2CCC[C@@H](O)C2)C[C@H](O)C1. The molecule has 0 heterocycles. The molecule has 2 aliphatic rings. The maximum Gasteiger partial charge on any atom is 0.0545 e. The maximum absolute atomic E-state index is 9.92. The number of aliphatic hydroxyl groups excluding tert-OH is 2. The van der Waals surface area contributed by atoms with E-state index in [1.807, 2.05) is 0 Å². The van der Waals surface area contributed by atoms with Crippen LogP contribution in [0.25, 0.3) is 0 Å². The van der Waals surface area contributed by atoms with E-state index < -0.39 is 0 Å². The van der Waals surface area contributed by atoms with E-state index in [0.29, 0.717) is 0 Å². The van der Waals surface area contributed by atoms with Gasteiger partial charge in [-0.2, -0.15) is 0 Å². The normalized spacial score (nSPS) is 41.8. The lowest BCUT2D eigenvalue weighted by molar-refractivity contribution is 0.0578. The summed E-state index contributed by atoms with van der Waals surface area (Å²) in [5.41, 5.74) is 0. The van der Waals surface area contributed by atoms with Crippen molar-refractivity contribution in [2.24, 2.45) is 17.8 Å². The first-order chi connectivity index (χ1) is 8.67. The molecule has 0 amide bonds. The Labute approximate surface area is 112 Å². The predicted molar refractivity (Wildman–Crippen MR) is 74.3 cm³/mol. The van der Waals surface area contributed by atoms with Gasteiger partial charge >= 0.3 is 0 Å². The van der Waals surface area contributed by atoms with Gasteiger partial charge in [0.05, 0.1) is 12.2 Å². The number of hydrogen-bond acceptors (Lipinski definition) is 2. The van der Waals surface area contributed by atoms with Crippen molar-refractivity contribution in [1.82, 2.24) is 0 Å². The van der Waals surface area contributed by atoms with Crippen LogP contribution in [-0.2, 0) is 0 Å². The third kappa shape index (κ3) is 4.24. The van der Waals surface area contributed by atoms with Gasteiger partial charge in [-0.1, -0.05) is 39.0 Å². The van der Waals surface area contributed by atoms with Crippen LogP contribution in [-0.4, -0.2) is 22.4 Å². The van der Waals surface area contributed by atoms with Crippen LogP contribution in [0.4, 0.5) is 0 Å². The van der Waals surface area contributed by atoms with Crippen molar-refractivity contribution in [1.29, 1.82) is 0 Å². The Morgan fingerprint density at radius 1 is 0.778 bits per heavy atom. The molecule has 2 aliphatic carbocycles. The van der Waals surface area contributed by atoms with Crippen LogP contribution in [0, 0.1) is 17.8 Å². The fourth-order valence-corrected chi connectivity index (χ4v) is 4.09. The Morgan fingerprint density at radius 3 is 2.17 bits per heavy atom. The highest BCUT2D eigenvalue weighted by Crippen LogP contribution is 2.36. The summed E-state index contributed by atoms with van der Waals surface area (Å²) in [4.78, 5) is 0. The van der Waals surface area contributed by atoms with Gasteiger partial charge in [0, 0.05) is 0 Å². The quantitative estimate of drug-likeness (QED) is 0.806. The van der Waals surface area contributed by atoms with Crippen LogP contribution in [0.3, 0.4) is 0 Å². The van der Waals surface area contributed by atoms with E-state index >= 15 is 0 Å². The lowest BCUT2D eigenvalue weighted by Gasteiger charge is -2.33.